The fraction of sp³-hybridized carbons (Fsp3) is 0.889. The van der Waals surface area contributed by atoms with Gasteiger partial charge in [-0.25, -0.2) is 0 Å². The number of aliphatic hydroxyl groups is 1. The van der Waals surface area contributed by atoms with Crippen LogP contribution in [0, 0.1) is 5.92 Å². The molecule has 0 aromatic heterocycles. The zero-order valence-electron chi connectivity index (χ0n) is 8.66. The van der Waals surface area contributed by atoms with Crippen molar-refractivity contribution in [1.82, 2.24) is 0 Å². The van der Waals surface area contributed by atoms with Crippen molar-refractivity contribution in [2.75, 3.05) is 18.6 Å². The summed E-state index contributed by atoms with van der Waals surface area (Å²) in [6, 6.07) is 0. The fourth-order valence-corrected chi connectivity index (χ4v) is 1.70. The molecule has 0 aromatic carbocycles. The number of methoxy groups -OCH3 is 1. The second kappa shape index (κ2) is 5.50. The molecular weight excluding hydrogens is 188 g/mol. The second-order valence-electron chi connectivity index (χ2n) is 3.58. The molecular formula is C9H18O3S. The summed E-state index contributed by atoms with van der Waals surface area (Å²) < 4.78 is 4.48. The van der Waals surface area contributed by atoms with Crippen LogP contribution >= 0.6 is 11.8 Å². The minimum absolute atomic E-state index is 0.192. The molecule has 0 bridgehead atoms. The van der Waals surface area contributed by atoms with Crippen molar-refractivity contribution >= 4 is 17.7 Å². The van der Waals surface area contributed by atoms with Crippen molar-refractivity contribution in [2.45, 2.75) is 26.4 Å². The van der Waals surface area contributed by atoms with Gasteiger partial charge < -0.3 is 9.84 Å². The highest BCUT2D eigenvalue weighted by molar-refractivity contribution is 8.00. The Hall–Kier alpha value is -0.220. The lowest BCUT2D eigenvalue weighted by Crippen LogP contribution is -2.34. The number of rotatable bonds is 5. The number of carbonyl (C=O) groups is 1. The Morgan fingerprint density at radius 3 is 2.54 bits per heavy atom. The zero-order chi connectivity index (χ0) is 10.5. The summed E-state index contributed by atoms with van der Waals surface area (Å²) in [6.45, 7) is 5.69. The molecule has 4 heteroatoms. The highest BCUT2D eigenvalue weighted by Crippen LogP contribution is 2.21. The molecule has 0 heterocycles. The smallest absolute Gasteiger partial charge is 0.315 e. The highest BCUT2D eigenvalue weighted by Gasteiger charge is 2.24. The maximum Gasteiger partial charge on any atom is 0.315 e. The van der Waals surface area contributed by atoms with Crippen molar-refractivity contribution in [3.63, 3.8) is 0 Å². The van der Waals surface area contributed by atoms with Gasteiger partial charge >= 0.3 is 5.97 Å². The van der Waals surface area contributed by atoms with Crippen LogP contribution in [0.3, 0.4) is 0 Å². The van der Waals surface area contributed by atoms with E-state index in [2.05, 4.69) is 4.74 Å². The van der Waals surface area contributed by atoms with E-state index in [1.54, 1.807) is 6.92 Å². The summed E-state index contributed by atoms with van der Waals surface area (Å²) in [4.78, 5) is 10.7. The summed E-state index contributed by atoms with van der Waals surface area (Å²) in [5.74, 6) is 0.807. The van der Waals surface area contributed by atoms with Crippen LogP contribution in [0.1, 0.15) is 20.8 Å². The van der Waals surface area contributed by atoms with Crippen molar-refractivity contribution in [1.29, 1.82) is 0 Å². The maximum atomic E-state index is 10.7. The predicted octanol–water partition coefficient (Wildman–Crippen LogP) is 1.30. The highest BCUT2D eigenvalue weighted by atomic mass is 32.2. The van der Waals surface area contributed by atoms with Crippen LogP contribution in [0.2, 0.25) is 0 Å². The lowest BCUT2D eigenvalue weighted by molar-refractivity contribution is -0.137. The summed E-state index contributed by atoms with van der Waals surface area (Å²) >= 11 is 1.40. The first-order valence-electron chi connectivity index (χ1n) is 4.27. The molecule has 1 unspecified atom stereocenters. The van der Waals surface area contributed by atoms with Gasteiger partial charge in [0.2, 0.25) is 0 Å². The van der Waals surface area contributed by atoms with E-state index in [9.17, 15) is 9.90 Å². The SMILES string of the molecule is COC(=O)CSCC(C)(O)C(C)C. The van der Waals surface area contributed by atoms with Crippen molar-refractivity contribution in [3.8, 4) is 0 Å². The van der Waals surface area contributed by atoms with Gasteiger partial charge in [0, 0.05) is 5.75 Å². The van der Waals surface area contributed by atoms with Crippen LogP contribution in [0.5, 0.6) is 0 Å². The first-order valence-corrected chi connectivity index (χ1v) is 5.42. The van der Waals surface area contributed by atoms with Crippen molar-refractivity contribution in [2.24, 2.45) is 5.92 Å². The van der Waals surface area contributed by atoms with Crippen LogP contribution in [0.15, 0.2) is 0 Å². The van der Waals surface area contributed by atoms with E-state index in [4.69, 9.17) is 0 Å². The molecule has 0 fully saturated rings. The van der Waals surface area contributed by atoms with E-state index in [1.807, 2.05) is 13.8 Å². The molecule has 1 N–H and O–H groups in total. The Labute approximate surface area is 83.9 Å². The van der Waals surface area contributed by atoms with E-state index in [1.165, 1.54) is 18.9 Å². The minimum Gasteiger partial charge on any atom is -0.468 e. The Kier molecular flexibility index (Phi) is 5.40. The number of hydrogen-bond acceptors (Lipinski definition) is 4. The molecule has 1 atom stereocenters. The van der Waals surface area contributed by atoms with Gasteiger partial charge in [0.1, 0.15) is 0 Å². The van der Waals surface area contributed by atoms with Gasteiger partial charge in [-0.2, -0.15) is 0 Å². The molecule has 0 radical (unpaired) electrons. The predicted molar refractivity (Wildman–Crippen MR) is 54.8 cm³/mol. The van der Waals surface area contributed by atoms with Gasteiger partial charge in [-0.1, -0.05) is 13.8 Å². The number of esters is 1. The first-order chi connectivity index (χ1) is 5.90. The Morgan fingerprint density at radius 2 is 2.15 bits per heavy atom. The molecule has 0 amide bonds. The van der Waals surface area contributed by atoms with E-state index in [-0.39, 0.29) is 11.9 Å². The van der Waals surface area contributed by atoms with Gasteiger partial charge in [0.05, 0.1) is 18.5 Å². The van der Waals surface area contributed by atoms with Crippen LogP contribution in [0.25, 0.3) is 0 Å². The van der Waals surface area contributed by atoms with Crippen LogP contribution in [0.4, 0.5) is 0 Å². The van der Waals surface area contributed by atoms with Gasteiger partial charge in [-0.15, -0.1) is 11.8 Å². The number of hydrogen-bond donors (Lipinski definition) is 1. The molecule has 0 saturated carbocycles. The molecule has 0 aliphatic carbocycles. The third kappa shape index (κ3) is 5.16. The van der Waals surface area contributed by atoms with E-state index in [0.717, 1.165) is 0 Å². The zero-order valence-corrected chi connectivity index (χ0v) is 9.48. The third-order valence-corrected chi connectivity index (χ3v) is 3.31. The summed E-state index contributed by atoms with van der Waals surface area (Å²) in [7, 11) is 1.36. The van der Waals surface area contributed by atoms with Gasteiger partial charge in [0.15, 0.2) is 0 Å². The summed E-state index contributed by atoms with van der Waals surface area (Å²) in [5.41, 5.74) is -0.710. The van der Waals surface area contributed by atoms with Crippen molar-refractivity contribution < 1.29 is 14.6 Å². The molecule has 0 spiro atoms. The first kappa shape index (κ1) is 12.8. The molecule has 13 heavy (non-hydrogen) atoms. The average molecular weight is 206 g/mol. The molecule has 78 valence electrons. The lowest BCUT2D eigenvalue weighted by Gasteiger charge is -2.26. The standard InChI is InChI=1S/C9H18O3S/c1-7(2)9(3,11)6-13-5-8(10)12-4/h7,11H,5-6H2,1-4H3. The van der Waals surface area contributed by atoms with E-state index < -0.39 is 5.60 Å². The second-order valence-corrected chi connectivity index (χ2v) is 4.57. The van der Waals surface area contributed by atoms with E-state index >= 15 is 0 Å². The van der Waals surface area contributed by atoms with Crippen LogP contribution < -0.4 is 0 Å². The van der Waals surface area contributed by atoms with Crippen LogP contribution in [-0.2, 0) is 9.53 Å². The van der Waals surface area contributed by atoms with Crippen molar-refractivity contribution in [3.05, 3.63) is 0 Å². The average Bonchev–Trinajstić information content (AvgIpc) is 2.03. The van der Waals surface area contributed by atoms with Gasteiger partial charge in [-0.3, -0.25) is 4.79 Å². The number of thioether (sulfide) groups is 1. The fourth-order valence-electron chi connectivity index (χ4n) is 0.567. The third-order valence-electron chi connectivity index (χ3n) is 2.09. The Morgan fingerprint density at radius 1 is 1.62 bits per heavy atom. The van der Waals surface area contributed by atoms with E-state index in [0.29, 0.717) is 11.5 Å². The molecule has 0 saturated heterocycles. The monoisotopic (exact) mass is 206 g/mol. The maximum absolute atomic E-state index is 10.7. The number of ether oxygens (including phenoxy) is 1. The van der Waals surface area contributed by atoms with Gasteiger partial charge in [-0.05, 0) is 12.8 Å². The quantitative estimate of drug-likeness (QED) is 0.689. The minimum atomic E-state index is -0.710. The molecule has 0 rings (SSSR count). The van der Waals surface area contributed by atoms with Gasteiger partial charge in [0.25, 0.3) is 0 Å². The largest absolute Gasteiger partial charge is 0.468 e. The molecule has 0 aliphatic heterocycles. The normalized spacial score (nSPS) is 15.5. The molecule has 3 nitrogen and oxygen atoms in total. The number of carbonyl (C=O) groups excluding carboxylic acids is 1. The topological polar surface area (TPSA) is 46.5 Å². The Bertz CT molecular complexity index is 166. The summed E-state index contributed by atoms with van der Waals surface area (Å²) in [6.07, 6.45) is 0. The van der Waals surface area contributed by atoms with Crippen LogP contribution in [-0.4, -0.2) is 35.3 Å². The lowest BCUT2D eigenvalue weighted by atomic mass is 9.95. The summed E-state index contributed by atoms with van der Waals surface area (Å²) in [5, 5.41) is 9.80. The molecule has 0 aliphatic rings. The Balaban J connectivity index is 3.70. The molecule has 0 aromatic rings.